The molecule has 1 N–H and O–H groups in total. The van der Waals surface area contributed by atoms with E-state index in [0.717, 1.165) is 27.9 Å². The third-order valence-electron chi connectivity index (χ3n) is 4.58. The zero-order valence-corrected chi connectivity index (χ0v) is 17.5. The van der Waals surface area contributed by atoms with Crippen LogP contribution >= 0.6 is 11.8 Å². The van der Waals surface area contributed by atoms with E-state index < -0.39 is 0 Å². The van der Waals surface area contributed by atoms with Gasteiger partial charge in [0.15, 0.2) is 11.0 Å². The quantitative estimate of drug-likeness (QED) is 0.413. The van der Waals surface area contributed by atoms with Crippen LogP contribution in [0.4, 0.5) is 5.69 Å². The fraction of sp³-hybridized carbons (Fsp3) is 0.125. The Bertz CT molecular complexity index is 1110. The summed E-state index contributed by atoms with van der Waals surface area (Å²) in [5.74, 6) is 1.38. The van der Waals surface area contributed by atoms with Crippen LogP contribution in [-0.2, 0) is 4.79 Å². The Labute approximate surface area is 180 Å². The second-order valence-corrected chi connectivity index (χ2v) is 7.92. The second-order valence-electron chi connectivity index (χ2n) is 6.86. The lowest BCUT2D eigenvalue weighted by Crippen LogP contribution is -2.12. The van der Waals surface area contributed by atoms with Crippen molar-refractivity contribution in [2.45, 2.75) is 18.5 Å². The van der Waals surface area contributed by atoms with Crippen molar-refractivity contribution in [2.75, 3.05) is 11.1 Å². The van der Waals surface area contributed by atoms with Crippen molar-refractivity contribution >= 4 is 23.4 Å². The summed E-state index contributed by atoms with van der Waals surface area (Å²) in [6.07, 6.45) is 0.390. The highest BCUT2D eigenvalue weighted by Gasteiger charge is 2.16. The molecule has 0 bridgehead atoms. The van der Waals surface area contributed by atoms with Gasteiger partial charge in [-0.05, 0) is 31.2 Å². The van der Waals surface area contributed by atoms with E-state index in [9.17, 15) is 4.79 Å². The first-order valence-corrected chi connectivity index (χ1v) is 10.7. The highest BCUT2D eigenvalue weighted by Crippen LogP contribution is 2.28. The number of anilines is 1. The number of rotatable bonds is 7. The summed E-state index contributed by atoms with van der Waals surface area (Å²) >= 11 is 1.53. The Balaban J connectivity index is 1.52. The van der Waals surface area contributed by atoms with Crippen LogP contribution in [0.15, 0.2) is 90.1 Å². The van der Waals surface area contributed by atoms with Crippen LogP contribution in [-0.4, -0.2) is 26.4 Å². The van der Waals surface area contributed by atoms with Crippen molar-refractivity contribution in [3.05, 3.63) is 90.5 Å². The Kier molecular flexibility index (Phi) is 6.25. The van der Waals surface area contributed by atoms with E-state index in [1.807, 2.05) is 60.7 Å². The number of amides is 1. The van der Waals surface area contributed by atoms with Crippen LogP contribution < -0.4 is 5.32 Å². The summed E-state index contributed by atoms with van der Waals surface area (Å²) in [6.45, 7) is 2.06. The number of hydrogen-bond acceptors (Lipinski definition) is 4. The predicted molar refractivity (Wildman–Crippen MR) is 122 cm³/mol. The lowest BCUT2D eigenvalue weighted by atomic mass is 10.2. The summed E-state index contributed by atoms with van der Waals surface area (Å²) < 4.78 is 2.05. The molecule has 4 rings (SSSR count). The van der Waals surface area contributed by atoms with Gasteiger partial charge in [0.1, 0.15) is 0 Å². The van der Waals surface area contributed by atoms with Gasteiger partial charge in [-0.3, -0.25) is 9.36 Å². The highest BCUT2D eigenvalue weighted by atomic mass is 32.2. The van der Waals surface area contributed by atoms with Crippen LogP contribution in [0.25, 0.3) is 17.1 Å². The van der Waals surface area contributed by atoms with Crippen molar-refractivity contribution in [3.63, 3.8) is 0 Å². The molecule has 0 saturated carbocycles. The molecule has 0 saturated heterocycles. The Morgan fingerprint density at radius 1 is 0.900 bits per heavy atom. The normalized spacial score (nSPS) is 10.7. The molecule has 6 heteroatoms. The van der Waals surface area contributed by atoms with Crippen LogP contribution in [0, 0.1) is 6.92 Å². The van der Waals surface area contributed by atoms with Crippen molar-refractivity contribution in [1.82, 2.24) is 14.8 Å². The third-order valence-corrected chi connectivity index (χ3v) is 5.51. The van der Waals surface area contributed by atoms with Gasteiger partial charge >= 0.3 is 0 Å². The molecule has 0 atom stereocenters. The van der Waals surface area contributed by atoms with Crippen molar-refractivity contribution in [3.8, 4) is 17.1 Å². The van der Waals surface area contributed by atoms with Gasteiger partial charge in [-0.1, -0.05) is 78.0 Å². The predicted octanol–water partition coefficient (Wildman–Crippen LogP) is 5.36. The number of hydrogen-bond donors (Lipinski definition) is 1. The van der Waals surface area contributed by atoms with Gasteiger partial charge < -0.3 is 5.32 Å². The average Bonchev–Trinajstić information content (AvgIpc) is 3.19. The fourth-order valence-electron chi connectivity index (χ4n) is 3.04. The molecule has 0 fully saturated rings. The summed E-state index contributed by atoms with van der Waals surface area (Å²) in [6, 6.07) is 27.8. The number of nitrogens with zero attached hydrogens (tertiary/aromatic N) is 3. The molecule has 150 valence electrons. The molecule has 1 amide bonds. The maximum atomic E-state index is 12.3. The van der Waals surface area contributed by atoms with E-state index in [1.54, 1.807) is 0 Å². The van der Waals surface area contributed by atoms with E-state index in [0.29, 0.717) is 12.2 Å². The summed E-state index contributed by atoms with van der Waals surface area (Å²) in [4.78, 5) is 12.3. The molecular formula is C24H22N4OS. The highest BCUT2D eigenvalue weighted by molar-refractivity contribution is 7.99. The molecule has 0 unspecified atom stereocenters. The fourth-order valence-corrected chi connectivity index (χ4v) is 3.93. The maximum absolute atomic E-state index is 12.3. The first-order chi connectivity index (χ1) is 14.7. The van der Waals surface area contributed by atoms with Crippen molar-refractivity contribution in [1.29, 1.82) is 0 Å². The van der Waals surface area contributed by atoms with Crippen molar-refractivity contribution in [2.24, 2.45) is 0 Å². The third kappa shape index (κ3) is 4.78. The number of benzene rings is 3. The largest absolute Gasteiger partial charge is 0.326 e. The van der Waals surface area contributed by atoms with Crippen LogP contribution in [0.2, 0.25) is 0 Å². The standard InChI is InChI=1S/C24H22N4OS/c1-18-12-14-21(15-13-18)28-23(19-8-4-2-5-9-19)26-27-24(28)30-17-16-22(29)25-20-10-6-3-7-11-20/h2-15H,16-17H2,1H3,(H,25,29). The first kappa shape index (κ1) is 19.9. The van der Waals surface area contributed by atoms with Gasteiger partial charge in [0.2, 0.25) is 5.91 Å². The molecule has 1 heterocycles. The number of aryl methyl sites for hydroxylation is 1. The van der Waals surface area contributed by atoms with Gasteiger partial charge in [0.05, 0.1) is 0 Å². The molecule has 0 aliphatic rings. The van der Waals surface area contributed by atoms with Gasteiger partial charge in [0, 0.05) is 29.1 Å². The van der Waals surface area contributed by atoms with Crippen LogP contribution in [0.5, 0.6) is 0 Å². The molecule has 0 spiro atoms. The van der Waals surface area contributed by atoms with Gasteiger partial charge in [-0.2, -0.15) is 0 Å². The van der Waals surface area contributed by atoms with E-state index in [4.69, 9.17) is 0 Å². The molecule has 30 heavy (non-hydrogen) atoms. The van der Waals surface area contributed by atoms with E-state index in [2.05, 4.69) is 51.3 Å². The number of carbonyl (C=O) groups excluding carboxylic acids is 1. The molecule has 0 aliphatic carbocycles. The van der Waals surface area contributed by atoms with E-state index in [-0.39, 0.29) is 5.91 Å². The SMILES string of the molecule is Cc1ccc(-n2c(SCCC(=O)Nc3ccccc3)nnc2-c2ccccc2)cc1. The van der Waals surface area contributed by atoms with E-state index >= 15 is 0 Å². The molecular weight excluding hydrogens is 392 g/mol. The summed E-state index contributed by atoms with van der Waals surface area (Å²) in [5.41, 5.74) is 4.00. The molecule has 4 aromatic rings. The molecule has 0 radical (unpaired) electrons. The Morgan fingerprint density at radius 2 is 1.57 bits per heavy atom. The molecule has 3 aromatic carbocycles. The number of nitrogens with one attached hydrogen (secondary N) is 1. The topological polar surface area (TPSA) is 59.8 Å². The average molecular weight is 415 g/mol. The summed E-state index contributed by atoms with van der Waals surface area (Å²) in [5, 5.41) is 12.5. The first-order valence-electron chi connectivity index (χ1n) is 9.76. The summed E-state index contributed by atoms with van der Waals surface area (Å²) in [7, 11) is 0. The Morgan fingerprint density at radius 3 is 2.27 bits per heavy atom. The van der Waals surface area contributed by atoms with Gasteiger partial charge in [0.25, 0.3) is 0 Å². The molecule has 1 aromatic heterocycles. The van der Waals surface area contributed by atoms with Gasteiger partial charge in [-0.15, -0.1) is 10.2 Å². The lowest BCUT2D eigenvalue weighted by Gasteiger charge is -2.11. The van der Waals surface area contributed by atoms with E-state index in [1.165, 1.54) is 17.3 Å². The van der Waals surface area contributed by atoms with Gasteiger partial charge in [-0.25, -0.2) is 0 Å². The lowest BCUT2D eigenvalue weighted by molar-refractivity contribution is -0.115. The zero-order chi connectivity index (χ0) is 20.8. The number of carbonyl (C=O) groups is 1. The monoisotopic (exact) mass is 414 g/mol. The number of thioether (sulfide) groups is 1. The minimum absolute atomic E-state index is 0.0154. The number of para-hydroxylation sites is 1. The number of aromatic nitrogens is 3. The van der Waals surface area contributed by atoms with Crippen LogP contribution in [0.3, 0.4) is 0 Å². The molecule has 0 aliphatic heterocycles. The second kappa shape index (κ2) is 9.41. The zero-order valence-electron chi connectivity index (χ0n) is 16.7. The molecule has 5 nitrogen and oxygen atoms in total. The van der Waals surface area contributed by atoms with Crippen molar-refractivity contribution < 1.29 is 4.79 Å². The van der Waals surface area contributed by atoms with Crippen LogP contribution in [0.1, 0.15) is 12.0 Å². The minimum atomic E-state index is -0.0154. The Hall–Kier alpha value is -3.38. The maximum Gasteiger partial charge on any atom is 0.225 e. The smallest absolute Gasteiger partial charge is 0.225 e. The minimum Gasteiger partial charge on any atom is -0.326 e.